The third-order valence-corrected chi connectivity index (χ3v) is 6.96. The number of hydrogen-bond donors (Lipinski definition) is 0. The summed E-state index contributed by atoms with van der Waals surface area (Å²) in [6, 6.07) is 13.1. The number of ether oxygens (including phenoxy) is 2. The first-order valence-electron chi connectivity index (χ1n) is 11.4. The summed E-state index contributed by atoms with van der Waals surface area (Å²) >= 11 is 1.71. The molecule has 0 saturated carbocycles. The Labute approximate surface area is 203 Å². The highest BCUT2D eigenvalue weighted by Gasteiger charge is 2.34. The second-order valence-electron chi connectivity index (χ2n) is 8.33. The maximum Gasteiger partial charge on any atom is 0.290 e. The summed E-state index contributed by atoms with van der Waals surface area (Å²) in [5.74, 6) is 0.597. The maximum atomic E-state index is 13.5. The van der Waals surface area contributed by atoms with E-state index in [2.05, 4.69) is 11.4 Å². The molecule has 1 aromatic carbocycles. The number of furan rings is 1. The molecule has 180 valence electrons. The van der Waals surface area contributed by atoms with Crippen molar-refractivity contribution in [3.8, 4) is 5.75 Å². The number of fused-ring (bicyclic) bond motifs is 1. The van der Waals surface area contributed by atoms with Gasteiger partial charge in [-0.1, -0.05) is 17.7 Å². The fraction of sp³-hybridized carbons (Fsp3) is 0.385. The molecule has 1 atom stereocenters. The van der Waals surface area contributed by atoms with E-state index in [1.165, 1.54) is 11.1 Å². The van der Waals surface area contributed by atoms with Gasteiger partial charge in [-0.05, 0) is 61.0 Å². The molecule has 0 N–H and O–H groups in total. The zero-order chi connectivity index (χ0) is 23.9. The van der Waals surface area contributed by atoms with Crippen LogP contribution in [0.5, 0.6) is 5.75 Å². The number of thiophene rings is 1. The molecule has 8 heteroatoms. The van der Waals surface area contributed by atoms with E-state index in [1.54, 1.807) is 35.5 Å². The Bertz CT molecular complexity index is 1080. The fourth-order valence-corrected chi connectivity index (χ4v) is 5.07. The highest BCUT2D eigenvalue weighted by Crippen LogP contribution is 2.34. The van der Waals surface area contributed by atoms with E-state index in [9.17, 15) is 9.59 Å². The molecule has 0 bridgehead atoms. The van der Waals surface area contributed by atoms with E-state index in [-0.39, 0.29) is 30.2 Å². The highest BCUT2D eigenvalue weighted by molar-refractivity contribution is 7.10. The van der Waals surface area contributed by atoms with Crippen LogP contribution in [0.3, 0.4) is 0 Å². The van der Waals surface area contributed by atoms with Crippen LogP contribution in [-0.2, 0) is 16.0 Å². The number of rotatable bonds is 10. The van der Waals surface area contributed by atoms with Crippen molar-refractivity contribution in [2.24, 2.45) is 0 Å². The smallest absolute Gasteiger partial charge is 0.290 e. The summed E-state index contributed by atoms with van der Waals surface area (Å²) < 4.78 is 16.5. The summed E-state index contributed by atoms with van der Waals surface area (Å²) in [6.45, 7) is 3.87. The molecule has 1 aliphatic rings. The van der Waals surface area contributed by atoms with E-state index in [4.69, 9.17) is 13.9 Å². The second kappa shape index (κ2) is 11.4. The number of methoxy groups -OCH3 is 1. The van der Waals surface area contributed by atoms with Crippen LogP contribution in [0.4, 0.5) is 0 Å². The quantitative estimate of drug-likeness (QED) is 0.402. The summed E-state index contributed by atoms with van der Waals surface area (Å²) in [4.78, 5) is 31.2. The van der Waals surface area contributed by atoms with Gasteiger partial charge in [-0.3, -0.25) is 9.59 Å². The molecular formula is C26H30N2O5S. The van der Waals surface area contributed by atoms with E-state index in [0.29, 0.717) is 32.7 Å². The molecular weight excluding hydrogens is 452 g/mol. The molecule has 0 radical (unpaired) electrons. The van der Waals surface area contributed by atoms with Crippen molar-refractivity contribution in [2.45, 2.75) is 25.8 Å². The second-order valence-corrected chi connectivity index (χ2v) is 9.33. The first-order valence-corrected chi connectivity index (χ1v) is 12.3. The molecule has 3 heterocycles. The number of amides is 2. The molecule has 7 nitrogen and oxygen atoms in total. The van der Waals surface area contributed by atoms with Crippen LogP contribution < -0.4 is 4.74 Å². The largest absolute Gasteiger partial charge is 0.491 e. The molecule has 0 spiro atoms. The zero-order valence-corrected chi connectivity index (χ0v) is 20.4. The number of carbonyl (C=O) groups is 2. The predicted octanol–water partition coefficient (Wildman–Crippen LogP) is 4.33. The average Bonchev–Trinajstić information content (AvgIpc) is 3.55. The minimum atomic E-state index is -0.296. The SMILES string of the molecule is COCCCN(CC(=O)N1CCc2sccc2[C@@H]1COc1ccc(C)cc1)C(=O)c1ccco1. The molecule has 4 rings (SSSR count). The Kier molecular flexibility index (Phi) is 8.03. The van der Waals surface area contributed by atoms with Crippen molar-refractivity contribution < 1.29 is 23.5 Å². The van der Waals surface area contributed by atoms with Gasteiger partial charge in [-0.2, -0.15) is 0 Å². The van der Waals surface area contributed by atoms with E-state index >= 15 is 0 Å². The maximum absolute atomic E-state index is 13.5. The summed E-state index contributed by atoms with van der Waals surface area (Å²) in [7, 11) is 1.62. The Morgan fingerprint density at radius 3 is 2.76 bits per heavy atom. The summed E-state index contributed by atoms with van der Waals surface area (Å²) in [5, 5.41) is 2.06. The van der Waals surface area contributed by atoms with Gasteiger partial charge in [0, 0.05) is 31.7 Å². The van der Waals surface area contributed by atoms with Crippen LogP contribution in [0.1, 0.15) is 39.0 Å². The van der Waals surface area contributed by atoms with Crippen molar-refractivity contribution >= 4 is 23.2 Å². The Balaban J connectivity index is 1.50. The van der Waals surface area contributed by atoms with Crippen LogP contribution >= 0.6 is 11.3 Å². The van der Waals surface area contributed by atoms with Crippen molar-refractivity contribution in [2.75, 3.05) is 40.0 Å². The Morgan fingerprint density at radius 1 is 1.21 bits per heavy atom. The van der Waals surface area contributed by atoms with Crippen LogP contribution in [0, 0.1) is 6.92 Å². The van der Waals surface area contributed by atoms with Gasteiger partial charge in [0.1, 0.15) is 18.9 Å². The molecule has 2 amide bonds. The average molecular weight is 483 g/mol. The Morgan fingerprint density at radius 2 is 2.03 bits per heavy atom. The molecule has 0 fully saturated rings. The van der Waals surface area contributed by atoms with Crippen molar-refractivity contribution in [1.29, 1.82) is 0 Å². The molecule has 0 unspecified atom stereocenters. The van der Waals surface area contributed by atoms with Crippen molar-refractivity contribution in [1.82, 2.24) is 9.80 Å². The van der Waals surface area contributed by atoms with Gasteiger partial charge in [0.25, 0.3) is 5.91 Å². The van der Waals surface area contributed by atoms with Crippen LogP contribution in [0.25, 0.3) is 0 Å². The third kappa shape index (κ3) is 5.69. The number of carbonyl (C=O) groups excluding carboxylic acids is 2. The number of aryl methyl sites for hydroxylation is 1. The lowest BCUT2D eigenvalue weighted by molar-refractivity contribution is -0.135. The molecule has 0 saturated heterocycles. The topological polar surface area (TPSA) is 72.2 Å². The van der Waals surface area contributed by atoms with Gasteiger partial charge in [0.05, 0.1) is 12.3 Å². The summed E-state index contributed by atoms with van der Waals surface area (Å²) in [6.07, 6.45) is 2.89. The fourth-order valence-electron chi connectivity index (χ4n) is 4.15. The third-order valence-electron chi connectivity index (χ3n) is 5.97. The molecule has 3 aromatic rings. The standard InChI is InChI=1S/C26H30N2O5S/c1-19-6-8-20(9-7-19)33-18-22-21-11-16-34-24(21)10-13-28(22)25(29)17-27(12-4-14-31-2)26(30)23-5-3-15-32-23/h3,5-9,11,15-16,22H,4,10,12-14,17-18H2,1-2H3/t22-/m0/s1. The first kappa shape index (κ1) is 24.0. The monoisotopic (exact) mass is 482 g/mol. The first-order chi connectivity index (χ1) is 16.6. The van der Waals surface area contributed by atoms with Crippen molar-refractivity contribution in [3.05, 3.63) is 75.9 Å². The van der Waals surface area contributed by atoms with Gasteiger partial charge in [-0.15, -0.1) is 11.3 Å². The number of hydrogen-bond acceptors (Lipinski definition) is 6. The molecule has 0 aliphatic carbocycles. The normalized spacial score (nSPS) is 15.1. The molecule has 2 aromatic heterocycles. The highest BCUT2D eigenvalue weighted by atomic mass is 32.1. The minimum absolute atomic E-state index is 0.0241. The predicted molar refractivity (Wildman–Crippen MR) is 130 cm³/mol. The van der Waals surface area contributed by atoms with Crippen molar-refractivity contribution in [3.63, 3.8) is 0 Å². The minimum Gasteiger partial charge on any atom is -0.491 e. The lowest BCUT2D eigenvalue weighted by atomic mass is 10.0. The van der Waals surface area contributed by atoms with Crippen LogP contribution in [0.15, 0.2) is 58.5 Å². The van der Waals surface area contributed by atoms with Gasteiger partial charge < -0.3 is 23.7 Å². The van der Waals surface area contributed by atoms with E-state index in [1.807, 2.05) is 36.1 Å². The number of benzene rings is 1. The van der Waals surface area contributed by atoms with Crippen LogP contribution in [-0.4, -0.2) is 61.6 Å². The van der Waals surface area contributed by atoms with Gasteiger partial charge in [0.15, 0.2) is 5.76 Å². The lowest BCUT2D eigenvalue weighted by Gasteiger charge is -2.37. The van der Waals surface area contributed by atoms with Gasteiger partial charge in [0.2, 0.25) is 5.91 Å². The van der Waals surface area contributed by atoms with Gasteiger partial charge in [-0.25, -0.2) is 0 Å². The van der Waals surface area contributed by atoms with E-state index < -0.39 is 0 Å². The Hall–Kier alpha value is -3.10. The van der Waals surface area contributed by atoms with E-state index in [0.717, 1.165) is 23.3 Å². The molecule has 34 heavy (non-hydrogen) atoms. The zero-order valence-electron chi connectivity index (χ0n) is 19.6. The lowest BCUT2D eigenvalue weighted by Crippen LogP contribution is -2.48. The molecule has 1 aliphatic heterocycles. The summed E-state index contributed by atoms with van der Waals surface area (Å²) in [5.41, 5.74) is 2.29. The van der Waals surface area contributed by atoms with Gasteiger partial charge >= 0.3 is 0 Å². The van der Waals surface area contributed by atoms with Crippen LogP contribution in [0.2, 0.25) is 0 Å². The number of nitrogens with zero attached hydrogens (tertiary/aromatic N) is 2.